The van der Waals surface area contributed by atoms with Gasteiger partial charge >= 0.3 is 24.5 Å². The van der Waals surface area contributed by atoms with E-state index in [2.05, 4.69) is 5.32 Å². The van der Waals surface area contributed by atoms with Crippen molar-refractivity contribution in [1.82, 2.24) is 10.2 Å². The average molecular weight is 497 g/mol. The third-order valence-corrected chi connectivity index (χ3v) is 5.12. The Bertz CT molecular complexity index is 1070. The van der Waals surface area contributed by atoms with Crippen molar-refractivity contribution in [3.63, 3.8) is 0 Å². The van der Waals surface area contributed by atoms with E-state index >= 15 is 0 Å². The van der Waals surface area contributed by atoms with Gasteiger partial charge in [0.05, 0.1) is 17.2 Å². The number of carbonyl (C=O) groups excluding carboxylic acids is 1. The van der Waals surface area contributed by atoms with Crippen molar-refractivity contribution in [2.24, 2.45) is 0 Å². The van der Waals surface area contributed by atoms with Crippen molar-refractivity contribution in [3.8, 4) is 0 Å². The van der Waals surface area contributed by atoms with Gasteiger partial charge in [-0.15, -0.1) is 0 Å². The summed E-state index contributed by atoms with van der Waals surface area (Å²) in [6.07, 6.45) is -11.6. The van der Waals surface area contributed by atoms with Gasteiger partial charge in [-0.2, -0.15) is 26.3 Å². The summed E-state index contributed by atoms with van der Waals surface area (Å²) >= 11 is 0. The third-order valence-electron chi connectivity index (χ3n) is 5.12. The minimum absolute atomic E-state index is 0.107. The number of benzene rings is 2. The maximum atomic E-state index is 13.6. The van der Waals surface area contributed by atoms with E-state index < -0.39 is 64.9 Å². The summed E-state index contributed by atoms with van der Waals surface area (Å²) in [4.78, 5) is 24.6. The number of anilines is 1. The van der Waals surface area contributed by atoms with Crippen LogP contribution >= 0.6 is 0 Å². The van der Waals surface area contributed by atoms with E-state index in [1.807, 2.05) is 5.32 Å². The number of alkyl halides is 6. The Hall–Kier alpha value is -3.58. The first-order chi connectivity index (χ1) is 15.6. The van der Waals surface area contributed by atoms with Crippen molar-refractivity contribution in [1.29, 1.82) is 0 Å². The number of halogens is 8. The number of carbonyl (C=O) groups is 2. The summed E-state index contributed by atoms with van der Waals surface area (Å²) in [6.45, 7) is -0.546. The molecule has 2 aromatic carbocycles. The fraction of sp³-hybridized carbons (Fsp3) is 0.300. The second-order valence-electron chi connectivity index (χ2n) is 7.47. The molecule has 1 aliphatic rings. The average Bonchev–Trinajstić information content (AvgIpc) is 3.12. The first-order valence-corrected chi connectivity index (χ1v) is 9.45. The van der Waals surface area contributed by atoms with E-state index in [0.717, 1.165) is 17.0 Å². The Morgan fingerprint density at radius 2 is 1.47 bits per heavy atom. The van der Waals surface area contributed by atoms with E-state index in [0.29, 0.717) is 12.1 Å². The summed E-state index contributed by atoms with van der Waals surface area (Å²) < 4.78 is 105. The molecule has 3 rings (SSSR count). The molecular formula is C20H15F8N3O3. The van der Waals surface area contributed by atoms with Gasteiger partial charge in [0.25, 0.3) is 0 Å². The van der Waals surface area contributed by atoms with Gasteiger partial charge in [-0.1, -0.05) is 6.07 Å². The number of nitrogens with one attached hydrogen (secondary N) is 2. The number of hydrogen-bond acceptors (Lipinski definition) is 2. The molecule has 0 aliphatic carbocycles. The maximum absolute atomic E-state index is 13.6. The molecule has 2 atom stereocenters. The van der Waals surface area contributed by atoms with Crippen LogP contribution in [0.15, 0.2) is 36.4 Å². The molecule has 0 aromatic heterocycles. The zero-order chi connectivity index (χ0) is 25.4. The Morgan fingerprint density at radius 1 is 0.882 bits per heavy atom. The van der Waals surface area contributed by atoms with Crippen LogP contribution in [0.3, 0.4) is 0 Å². The number of hydrogen-bond donors (Lipinski definition) is 3. The van der Waals surface area contributed by atoms with Gasteiger partial charge in [0.1, 0.15) is 0 Å². The molecule has 1 aliphatic heterocycles. The van der Waals surface area contributed by atoms with E-state index in [4.69, 9.17) is 0 Å². The van der Waals surface area contributed by atoms with Gasteiger partial charge in [-0.25, -0.2) is 18.4 Å². The summed E-state index contributed by atoms with van der Waals surface area (Å²) in [6, 6.07) is 1.01. The number of likely N-dealkylation sites (tertiary alicyclic amines) is 1. The van der Waals surface area contributed by atoms with Gasteiger partial charge in [0.2, 0.25) is 0 Å². The number of urea groups is 1. The molecule has 0 radical (unpaired) electrons. The maximum Gasteiger partial charge on any atom is 0.416 e. The summed E-state index contributed by atoms with van der Waals surface area (Å²) in [7, 11) is 0. The molecule has 1 heterocycles. The second-order valence-corrected chi connectivity index (χ2v) is 7.47. The Balaban J connectivity index is 1.84. The lowest BCUT2D eigenvalue weighted by molar-refractivity contribution is -0.143. The van der Waals surface area contributed by atoms with Crippen molar-refractivity contribution in [3.05, 3.63) is 64.7 Å². The first kappa shape index (κ1) is 25.1. The Labute approximate surface area is 186 Å². The Kier molecular flexibility index (Phi) is 6.62. The van der Waals surface area contributed by atoms with E-state index in [-0.39, 0.29) is 24.7 Å². The first-order valence-electron chi connectivity index (χ1n) is 9.45. The standard InChI is InChI=1S/C20H15F8N3O3/c21-14-2-1-9(3-15(14)22)13-7-31(18(33)34)8-16(13)30-17(32)29-12-5-10(19(23,24)25)4-11(6-12)20(26,27)28/h1-6,13,16H,7-8H2,(H,33,34)(H2,29,30,32)/t13-,16+/m0/s1. The quantitative estimate of drug-likeness (QED) is 0.506. The zero-order valence-corrected chi connectivity index (χ0v) is 16.8. The highest BCUT2D eigenvalue weighted by molar-refractivity contribution is 5.90. The molecule has 2 aromatic rings. The van der Waals surface area contributed by atoms with Gasteiger partial charge in [0.15, 0.2) is 11.6 Å². The molecule has 0 bridgehead atoms. The molecule has 0 saturated carbocycles. The van der Waals surface area contributed by atoms with E-state index in [1.165, 1.54) is 6.07 Å². The van der Waals surface area contributed by atoms with Crippen molar-refractivity contribution >= 4 is 17.8 Å². The lowest BCUT2D eigenvalue weighted by Crippen LogP contribution is -2.42. The molecule has 1 fully saturated rings. The number of amides is 3. The van der Waals surface area contributed by atoms with Gasteiger partial charge in [-0.05, 0) is 35.9 Å². The summed E-state index contributed by atoms with van der Waals surface area (Å²) in [5.74, 6) is -3.26. The molecule has 3 amide bonds. The number of carboxylic acid groups (broad SMARTS) is 1. The molecular weight excluding hydrogens is 482 g/mol. The zero-order valence-electron chi connectivity index (χ0n) is 16.8. The highest BCUT2D eigenvalue weighted by Crippen LogP contribution is 2.37. The SMILES string of the molecule is O=C(Nc1cc(C(F)(F)F)cc(C(F)(F)F)c1)N[C@@H]1CN(C(=O)O)C[C@H]1c1ccc(F)c(F)c1. The minimum atomic E-state index is -5.13. The van der Waals surface area contributed by atoms with Crippen LogP contribution in [-0.4, -0.2) is 41.3 Å². The third kappa shape index (κ3) is 5.66. The van der Waals surface area contributed by atoms with Crippen LogP contribution in [0.4, 0.5) is 50.4 Å². The monoisotopic (exact) mass is 497 g/mol. The predicted molar refractivity (Wildman–Crippen MR) is 101 cm³/mol. The molecule has 0 unspecified atom stereocenters. The summed E-state index contributed by atoms with van der Waals surface area (Å²) in [5, 5.41) is 13.4. The molecule has 0 spiro atoms. The number of nitrogens with zero attached hydrogens (tertiary/aromatic N) is 1. The largest absolute Gasteiger partial charge is 0.465 e. The lowest BCUT2D eigenvalue weighted by atomic mass is 9.94. The van der Waals surface area contributed by atoms with Crippen LogP contribution in [0.1, 0.15) is 22.6 Å². The van der Waals surface area contributed by atoms with Crippen molar-refractivity contribution < 1.29 is 49.8 Å². The van der Waals surface area contributed by atoms with Crippen molar-refractivity contribution in [2.45, 2.75) is 24.3 Å². The Morgan fingerprint density at radius 3 is 1.97 bits per heavy atom. The molecule has 14 heteroatoms. The molecule has 3 N–H and O–H groups in total. The second kappa shape index (κ2) is 8.99. The van der Waals surface area contributed by atoms with Gasteiger partial charge < -0.3 is 20.6 Å². The van der Waals surface area contributed by atoms with Crippen LogP contribution in [-0.2, 0) is 12.4 Å². The lowest BCUT2D eigenvalue weighted by Gasteiger charge is -2.21. The van der Waals surface area contributed by atoms with Crippen LogP contribution < -0.4 is 10.6 Å². The fourth-order valence-corrected chi connectivity index (χ4v) is 3.55. The highest BCUT2D eigenvalue weighted by Gasteiger charge is 2.39. The summed E-state index contributed by atoms with van der Waals surface area (Å²) in [5.41, 5.74) is -3.96. The molecule has 184 valence electrons. The molecule has 34 heavy (non-hydrogen) atoms. The smallest absolute Gasteiger partial charge is 0.416 e. The normalized spacial score (nSPS) is 18.6. The van der Waals surface area contributed by atoms with E-state index in [9.17, 15) is 49.8 Å². The van der Waals surface area contributed by atoms with Gasteiger partial charge in [-0.3, -0.25) is 0 Å². The van der Waals surface area contributed by atoms with Crippen LogP contribution in [0.5, 0.6) is 0 Å². The van der Waals surface area contributed by atoms with Crippen LogP contribution in [0, 0.1) is 11.6 Å². The van der Waals surface area contributed by atoms with Crippen LogP contribution in [0.25, 0.3) is 0 Å². The molecule has 1 saturated heterocycles. The predicted octanol–water partition coefficient (Wildman–Crippen LogP) is 5.27. The van der Waals surface area contributed by atoms with Crippen molar-refractivity contribution in [2.75, 3.05) is 18.4 Å². The number of rotatable bonds is 3. The van der Waals surface area contributed by atoms with E-state index in [1.54, 1.807) is 0 Å². The van der Waals surface area contributed by atoms with Gasteiger partial charge in [0, 0.05) is 24.7 Å². The highest BCUT2D eigenvalue weighted by atomic mass is 19.4. The minimum Gasteiger partial charge on any atom is -0.465 e. The topological polar surface area (TPSA) is 81.7 Å². The molecule has 6 nitrogen and oxygen atoms in total. The van der Waals surface area contributed by atoms with Crippen LogP contribution in [0.2, 0.25) is 0 Å². The fourth-order valence-electron chi connectivity index (χ4n) is 3.55.